The monoisotopic (exact) mass is 348 g/mol. The number of H-pyrrole nitrogens is 1. The van der Waals surface area contributed by atoms with Crippen LogP contribution in [0.3, 0.4) is 0 Å². The van der Waals surface area contributed by atoms with Crippen LogP contribution in [-0.4, -0.2) is 44.9 Å². The van der Waals surface area contributed by atoms with Crippen LogP contribution in [0.15, 0.2) is 60.3 Å². The highest BCUT2D eigenvalue weighted by Crippen LogP contribution is 2.24. The van der Waals surface area contributed by atoms with E-state index < -0.39 is 11.8 Å². The van der Waals surface area contributed by atoms with E-state index in [1.54, 1.807) is 6.07 Å². The summed E-state index contributed by atoms with van der Waals surface area (Å²) in [6, 6.07) is 15.2. The molecule has 1 aliphatic heterocycles. The average Bonchev–Trinajstić information content (AvgIpc) is 3.19. The number of aromatic amines is 1. The first-order chi connectivity index (χ1) is 12.7. The molecule has 130 valence electrons. The first-order valence-electron chi connectivity index (χ1n) is 8.16. The topological polar surface area (TPSA) is 98.3 Å². The summed E-state index contributed by atoms with van der Waals surface area (Å²) in [7, 11) is 0. The second-order valence-electron chi connectivity index (χ2n) is 5.89. The van der Waals surface area contributed by atoms with Crippen molar-refractivity contribution in [2.75, 3.05) is 18.5 Å². The molecule has 0 aliphatic carbocycles. The smallest absolute Gasteiger partial charge is 0.277 e. The van der Waals surface area contributed by atoms with Gasteiger partial charge in [0.05, 0.1) is 24.2 Å². The molecule has 0 bridgehead atoms. The fraction of sp³-hybridized carbons (Fsp3) is 0.105. The van der Waals surface area contributed by atoms with Gasteiger partial charge in [0.25, 0.3) is 11.8 Å². The number of nitrogens with zero attached hydrogens (tertiary/aromatic N) is 2. The van der Waals surface area contributed by atoms with Crippen molar-refractivity contribution >= 4 is 28.5 Å². The van der Waals surface area contributed by atoms with Crippen molar-refractivity contribution < 1.29 is 14.7 Å². The molecule has 4 rings (SSSR count). The molecule has 2 amide bonds. The summed E-state index contributed by atoms with van der Waals surface area (Å²) in [6.07, 6.45) is 1.24. The maximum Gasteiger partial charge on any atom is 0.277 e. The fourth-order valence-electron chi connectivity index (χ4n) is 2.90. The normalized spacial score (nSPS) is 14.2. The third kappa shape index (κ3) is 2.84. The average molecular weight is 348 g/mol. The van der Waals surface area contributed by atoms with E-state index in [-0.39, 0.29) is 18.8 Å². The van der Waals surface area contributed by atoms with E-state index in [1.165, 1.54) is 6.08 Å². The van der Waals surface area contributed by atoms with E-state index in [1.807, 2.05) is 42.5 Å². The lowest BCUT2D eigenvalue weighted by Gasteiger charge is -2.13. The molecule has 0 spiro atoms. The van der Waals surface area contributed by atoms with Crippen LogP contribution < -0.4 is 5.32 Å². The van der Waals surface area contributed by atoms with E-state index in [9.17, 15) is 9.59 Å². The van der Waals surface area contributed by atoms with Gasteiger partial charge in [-0.3, -0.25) is 14.5 Å². The highest BCUT2D eigenvalue weighted by molar-refractivity contribution is 6.17. The number of nitrogens with one attached hydrogen (secondary N) is 2. The van der Waals surface area contributed by atoms with E-state index in [2.05, 4.69) is 15.3 Å². The Morgan fingerprint density at radius 1 is 1.12 bits per heavy atom. The van der Waals surface area contributed by atoms with E-state index >= 15 is 0 Å². The Bertz CT molecular complexity index is 1000. The molecule has 2 aromatic carbocycles. The minimum absolute atomic E-state index is 0.0155. The Morgan fingerprint density at radius 2 is 1.96 bits per heavy atom. The van der Waals surface area contributed by atoms with Crippen molar-refractivity contribution in [2.24, 2.45) is 0 Å². The molecule has 1 aliphatic rings. The first-order valence-corrected chi connectivity index (χ1v) is 8.16. The molecule has 0 unspecified atom stereocenters. The Hall–Kier alpha value is -3.45. The predicted octanol–water partition coefficient (Wildman–Crippen LogP) is 1.89. The number of carbonyl (C=O) groups is 2. The van der Waals surface area contributed by atoms with Crippen molar-refractivity contribution in [3.8, 4) is 11.4 Å². The molecule has 3 aromatic rings. The lowest BCUT2D eigenvalue weighted by atomic mass is 10.2. The summed E-state index contributed by atoms with van der Waals surface area (Å²) in [5.74, 6) is -0.155. The quantitative estimate of drug-likeness (QED) is 0.612. The molecule has 3 N–H and O–H groups in total. The van der Waals surface area contributed by atoms with E-state index in [4.69, 9.17) is 5.11 Å². The van der Waals surface area contributed by atoms with Gasteiger partial charge in [0.15, 0.2) is 0 Å². The lowest BCUT2D eigenvalue weighted by Crippen LogP contribution is -2.34. The summed E-state index contributed by atoms with van der Waals surface area (Å²) in [4.78, 5) is 32.9. The van der Waals surface area contributed by atoms with Crippen LogP contribution in [0.25, 0.3) is 22.4 Å². The number of aliphatic hydroxyl groups is 1. The van der Waals surface area contributed by atoms with Crippen molar-refractivity contribution in [1.29, 1.82) is 0 Å². The molecule has 0 radical (unpaired) electrons. The van der Waals surface area contributed by atoms with Crippen LogP contribution in [-0.2, 0) is 9.59 Å². The van der Waals surface area contributed by atoms with Crippen molar-refractivity contribution in [3.05, 3.63) is 60.3 Å². The number of hydrogen-bond acceptors (Lipinski definition) is 5. The largest absolute Gasteiger partial charge is 0.395 e. The van der Waals surface area contributed by atoms with Gasteiger partial charge in [-0.1, -0.05) is 24.3 Å². The third-order valence-electron chi connectivity index (χ3n) is 4.14. The number of anilines is 1. The molecule has 1 aromatic heterocycles. The minimum atomic E-state index is -0.446. The minimum Gasteiger partial charge on any atom is -0.395 e. The number of aliphatic hydroxyl groups excluding tert-OH is 1. The van der Waals surface area contributed by atoms with Crippen LogP contribution in [0.2, 0.25) is 0 Å². The molecular weight excluding hydrogens is 332 g/mol. The van der Waals surface area contributed by atoms with Gasteiger partial charge in [0.2, 0.25) is 0 Å². The first kappa shape index (κ1) is 16.0. The van der Waals surface area contributed by atoms with E-state index in [0.29, 0.717) is 5.69 Å². The molecular formula is C19H16N4O3. The number of β-amino-alcohol motifs (C(OH)–C–C–N with tert-alkyl or cyclic N) is 1. The lowest BCUT2D eigenvalue weighted by molar-refractivity contribution is -0.137. The fourth-order valence-corrected chi connectivity index (χ4v) is 2.90. The van der Waals surface area contributed by atoms with Crippen LogP contribution in [0.5, 0.6) is 0 Å². The van der Waals surface area contributed by atoms with Gasteiger partial charge in [-0.15, -0.1) is 0 Å². The van der Waals surface area contributed by atoms with Gasteiger partial charge < -0.3 is 15.4 Å². The summed E-state index contributed by atoms with van der Waals surface area (Å²) < 4.78 is 0. The summed E-state index contributed by atoms with van der Waals surface area (Å²) in [5.41, 5.74) is 3.53. The number of carbonyl (C=O) groups excluding carboxylic acids is 2. The zero-order chi connectivity index (χ0) is 18.1. The van der Waals surface area contributed by atoms with Crippen LogP contribution in [0, 0.1) is 0 Å². The molecule has 26 heavy (non-hydrogen) atoms. The van der Waals surface area contributed by atoms with Crippen LogP contribution in [0.4, 0.5) is 5.69 Å². The Balaban J connectivity index is 1.59. The number of aromatic nitrogens is 2. The summed E-state index contributed by atoms with van der Waals surface area (Å²) in [6.45, 7) is -0.279. The van der Waals surface area contributed by atoms with Crippen LogP contribution in [0.1, 0.15) is 0 Å². The van der Waals surface area contributed by atoms with E-state index in [0.717, 1.165) is 27.3 Å². The molecule has 0 fully saturated rings. The number of hydrogen-bond donors (Lipinski definition) is 3. The molecule has 0 atom stereocenters. The highest BCUT2D eigenvalue weighted by Gasteiger charge is 2.30. The maximum absolute atomic E-state index is 12.2. The third-order valence-corrected chi connectivity index (χ3v) is 4.14. The summed E-state index contributed by atoms with van der Waals surface area (Å²) >= 11 is 0. The zero-order valence-electron chi connectivity index (χ0n) is 13.8. The summed E-state index contributed by atoms with van der Waals surface area (Å²) in [5, 5.41) is 11.9. The van der Waals surface area contributed by atoms with Crippen LogP contribution >= 0.6 is 0 Å². The molecule has 2 heterocycles. The maximum atomic E-state index is 12.2. The second kappa shape index (κ2) is 6.45. The number of imide groups is 1. The molecule has 0 saturated carbocycles. The zero-order valence-corrected chi connectivity index (χ0v) is 13.8. The Kier molecular flexibility index (Phi) is 3.98. The molecule has 0 saturated heterocycles. The number of para-hydroxylation sites is 2. The Morgan fingerprint density at radius 3 is 2.77 bits per heavy atom. The number of benzene rings is 2. The van der Waals surface area contributed by atoms with Gasteiger partial charge in [-0.05, 0) is 24.3 Å². The highest BCUT2D eigenvalue weighted by atomic mass is 16.3. The number of fused-ring (bicyclic) bond motifs is 1. The van der Waals surface area contributed by atoms with Gasteiger partial charge in [-0.2, -0.15) is 0 Å². The van der Waals surface area contributed by atoms with Gasteiger partial charge in [0.1, 0.15) is 11.5 Å². The van der Waals surface area contributed by atoms with Gasteiger partial charge >= 0.3 is 0 Å². The van der Waals surface area contributed by atoms with Gasteiger partial charge in [-0.25, -0.2) is 4.98 Å². The standard InChI is InChI=1S/C19H16N4O3/c24-9-8-23-17(25)11-16(19(23)26)20-13-5-3-4-12(10-13)18-21-14-6-1-2-7-15(14)22-18/h1-7,10-11,20,24H,8-9H2,(H,21,22). The van der Waals surface area contributed by atoms with Crippen molar-refractivity contribution in [3.63, 3.8) is 0 Å². The Labute approximate surface area is 149 Å². The number of rotatable bonds is 5. The SMILES string of the molecule is O=C1C=C(Nc2cccc(-c3nc4ccccc4[nH]3)c2)C(=O)N1CCO. The number of amides is 2. The van der Waals surface area contributed by atoms with Crippen molar-refractivity contribution in [1.82, 2.24) is 14.9 Å². The predicted molar refractivity (Wildman–Crippen MR) is 97.0 cm³/mol. The molecule has 7 heteroatoms. The van der Waals surface area contributed by atoms with Crippen molar-refractivity contribution in [2.45, 2.75) is 0 Å². The second-order valence-corrected chi connectivity index (χ2v) is 5.89. The number of imidazole rings is 1. The molecule has 7 nitrogen and oxygen atoms in total. The van der Waals surface area contributed by atoms with Gasteiger partial charge in [0, 0.05) is 17.3 Å².